The molecular weight excluding hydrogens is 251 g/mol. The highest BCUT2D eigenvalue weighted by Gasteiger charge is 2.15. The van der Waals surface area contributed by atoms with Crippen molar-refractivity contribution in [3.63, 3.8) is 0 Å². The quantitative estimate of drug-likeness (QED) is 0.795. The average molecular weight is 264 g/mol. The number of aromatic nitrogens is 1. The third-order valence-electron chi connectivity index (χ3n) is 2.61. The van der Waals surface area contributed by atoms with Gasteiger partial charge in [0.15, 0.2) is 10.9 Å². The van der Waals surface area contributed by atoms with E-state index in [1.807, 2.05) is 18.9 Å². The first-order valence-electron chi connectivity index (χ1n) is 5.46. The Morgan fingerprint density at radius 3 is 2.44 bits per heavy atom. The number of hydrogen-bond donors (Lipinski definition) is 0. The molecule has 0 spiro atoms. The van der Waals surface area contributed by atoms with E-state index in [9.17, 15) is 9.18 Å². The van der Waals surface area contributed by atoms with Crippen LogP contribution in [0.3, 0.4) is 0 Å². The number of ketones is 1. The minimum atomic E-state index is -0.271. The van der Waals surface area contributed by atoms with Gasteiger partial charge in [-0.15, -0.1) is 0 Å². The largest absolute Gasteiger partial charge is 0.321 e. The van der Waals surface area contributed by atoms with Gasteiger partial charge in [0.2, 0.25) is 0 Å². The summed E-state index contributed by atoms with van der Waals surface area (Å²) in [5.41, 5.74) is 1.57. The zero-order valence-electron chi connectivity index (χ0n) is 10.4. The molecule has 94 valence electrons. The summed E-state index contributed by atoms with van der Waals surface area (Å²) in [5, 5.41) is 0.726. The molecule has 1 heterocycles. The first-order chi connectivity index (χ1) is 8.49. The summed E-state index contributed by atoms with van der Waals surface area (Å²) in [6, 6.07) is 6.16. The van der Waals surface area contributed by atoms with E-state index in [0.717, 1.165) is 16.5 Å². The van der Waals surface area contributed by atoms with Gasteiger partial charge < -0.3 is 4.90 Å². The van der Waals surface area contributed by atoms with Gasteiger partial charge in [-0.2, -0.15) is 0 Å². The molecule has 0 saturated carbocycles. The smallest absolute Gasteiger partial charge is 0.190 e. The Bertz CT molecular complexity index is 577. The van der Waals surface area contributed by atoms with E-state index >= 15 is 0 Å². The second-order valence-corrected chi connectivity index (χ2v) is 4.98. The summed E-state index contributed by atoms with van der Waals surface area (Å²) in [6.45, 7) is 3.34. The van der Waals surface area contributed by atoms with Crippen LogP contribution in [-0.4, -0.2) is 17.8 Å². The van der Waals surface area contributed by atoms with Crippen LogP contribution in [0.4, 0.5) is 15.2 Å². The van der Waals surface area contributed by atoms with E-state index in [4.69, 9.17) is 0 Å². The van der Waals surface area contributed by atoms with Gasteiger partial charge in [-0.3, -0.25) is 4.79 Å². The van der Waals surface area contributed by atoms with Crippen LogP contribution in [-0.2, 0) is 0 Å². The number of benzene rings is 1. The van der Waals surface area contributed by atoms with E-state index < -0.39 is 0 Å². The van der Waals surface area contributed by atoms with Crippen LogP contribution in [0.5, 0.6) is 0 Å². The van der Waals surface area contributed by atoms with Crippen molar-refractivity contribution in [3.05, 3.63) is 40.7 Å². The molecule has 18 heavy (non-hydrogen) atoms. The number of hydrogen-bond acceptors (Lipinski definition) is 4. The third-order valence-corrected chi connectivity index (χ3v) is 3.94. The van der Waals surface area contributed by atoms with E-state index in [-0.39, 0.29) is 11.6 Å². The molecule has 0 atom stereocenters. The summed E-state index contributed by atoms with van der Waals surface area (Å²) in [7, 11) is 1.84. The number of carbonyl (C=O) groups excluding carboxylic acids is 1. The topological polar surface area (TPSA) is 33.2 Å². The SMILES string of the molecule is CC(=O)c1sc(N(C)c2ccc(F)cc2)nc1C. The van der Waals surface area contributed by atoms with E-state index in [1.54, 1.807) is 12.1 Å². The molecule has 2 rings (SSSR count). The zero-order valence-corrected chi connectivity index (χ0v) is 11.2. The Kier molecular flexibility index (Phi) is 3.43. The Labute approximate surface area is 109 Å². The number of nitrogens with zero attached hydrogens (tertiary/aromatic N) is 2. The van der Waals surface area contributed by atoms with E-state index in [1.165, 1.54) is 30.4 Å². The minimum Gasteiger partial charge on any atom is -0.321 e. The predicted octanol–water partition coefficient (Wildman–Crippen LogP) is 3.56. The Morgan fingerprint density at radius 1 is 1.33 bits per heavy atom. The van der Waals surface area contributed by atoms with Crippen molar-refractivity contribution in [2.75, 3.05) is 11.9 Å². The molecule has 0 saturated heterocycles. The summed E-state index contributed by atoms with van der Waals surface area (Å²) >= 11 is 1.35. The standard InChI is InChI=1S/C13H13FN2OS/c1-8-12(9(2)17)18-13(15-8)16(3)11-6-4-10(14)5-7-11/h4-7H,1-3H3. The summed E-state index contributed by atoms with van der Waals surface area (Å²) in [4.78, 5) is 18.2. The fraction of sp³-hybridized carbons (Fsp3) is 0.231. The molecule has 3 nitrogen and oxygen atoms in total. The van der Waals surface area contributed by atoms with Crippen molar-refractivity contribution in [1.29, 1.82) is 0 Å². The van der Waals surface area contributed by atoms with Crippen LogP contribution in [0.1, 0.15) is 22.3 Å². The second-order valence-electron chi connectivity index (χ2n) is 4.00. The number of Topliss-reactive ketones (excluding diaryl/α,β-unsaturated/α-hetero) is 1. The van der Waals surface area contributed by atoms with Crippen molar-refractivity contribution < 1.29 is 9.18 Å². The van der Waals surface area contributed by atoms with Gasteiger partial charge in [0.25, 0.3) is 0 Å². The highest BCUT2D eigenvalue weighted by Crippen LogP contribution is 2.30. The predicted molar refractivity (Wildman–Crippen MR) is 71.3 cm³/mol. The maximum absolute atomic E-state index is 12.9. The molecule has 0 aliphatic heterocycles. The molecule has 0 fully saturated rings. The number of anilines is 2. The van der Waals surface area contributed by atoms with Crippen molar-refractivity contribution in [2.45, 2.75) is 13.8 Å². The number of carbonyl (C=O) groups is 1. The van der Waals surface area contributed by atoms with Gasteiger partial charge in [0.1, 0.15) is 5.82 Å². The van der Waals surface area contributed by atoms with Crippen LogP contribution in [0, 0.1) is 12.7 Å². The maximum atomic E-state index is 12.9. The van der Waals surface area contributed by atoms with Crippen LogP contribution in [0.15, 0.2) is 24.3 Å². The van der Waals surface area contributed by atoms with Crippen LogP contribution in [0.2, 0.25) is 0 Å². The molecule has 2 aromatic rings. The minimum absolute atomic E-state index is 0.0174. The molecular formula is C13H13FN2OS. The van der Waals surface area contributed by atoms with Gasteiger partial charge in [-0.05, 0) is 31.2 Å². The summed E-state index contributed by atoms with van der Waals surface area (Å²) < 4.78 is 12.9. The number of thiazole rings is 1. The van der Waals surface area contributed by atoms with Crippen LogP contribution in [0.25, 0.3) is 0 Å². The van der Waals surface area contributed by atoms with Gasteiger partial charge in [-0.25, -0.2) is 9.37 Å². The lowest BCUT2D eigenvalue weighted by Crippen LogP contribution is -2.08. The lowest BCUT2D eigenvalue weighted by molar-refractivity contribution is 0.102. The van der Waals surface area contributed by atoms with Gasteiger partial charge in [0.05, 0.1) is 10.6 Å². The van der Waals surface area contributed by atoms with E-state index in [0.29, 0.717) is 4.88 Å². The number of halogens is 1. The van der Waals surface area contributed by atoms with Gasteiger partial charge in [-0.1, -0.05) is 11.3 Å². The fourth-order valence-electron chi connectivity index (χ4n) is 1.63. The number of aryl methyl sites for hydroxylation is 1. The fourth-order valence-corrected chi connectivity index (χ4v) is 2.57. The molecule has 0 bridgehead atoms. The summed E-state index contributed by atoms with van der Waals surface area (Å²) in [5.74, 6) is -0.254. The molecule has 0 amide bonds. The normalized spacial score (nSPS) is 10.4. The molecule has 0 aliphatic carbocycles. The maximum Gasteiger partial charge on any atom is 0.190 e. The monoisotopic (exact) mass is 264 g/mol. The molecule has 1 aromatic carbocycles. The lowest BCUT2D eigenvalue weighted by atomic mass is 10.3. The Balaban J connectivity index is 2.34. The highest BCUT2D eigenvalue weighted by molar-refractivity contribution is 7.17. The first kappa shape index (κ1) is 12.7. The second kappa shape index (κ2) is 4.86. The molecule has 0 radical (unpaired) electrons. The molecule has 1 aromatic heterocycles. The molecule has 0 aliphatic rings. The summed E-state index contributed by atoms with van der Waals surface area (Å²) in [6.07, 6.45) is 0. The van der Waals surface area contributed by atoms with Crippen molar-refractivity contribution in [2.24, 2.45) is 0 Å². The average Bonchev–Trinajstić information content (AvgIpc) is 2.71. The van der Waals surface area contributed by atoms with Crippen molar-refractivity contribution >= 4 is 27.9 Å². The van der Waals surface area contributed by atoms with Crippen LogP contribution >= 0.6 is 11.3 Å². The van der Waals surface area contributed by atoms with E-state index in [2.05, 4.69) is 4.98 Å². The number of rotatable bonds is 3. The van der Waals surface area contributed by atoms with Crippen molar-refractivity contribution in [1.82, 2.24) is 4.98 Å². The third kappa shape index (κ3) is 2.41. The van der Waals surface area contributed by atoms with Crippen LogP contribution < -0.4 is 4.90 Å². The van der Waals surface area contributed by atoms with Gasteiger partial charge >= 0.3 is 0 Å². The van der Waals surface area contributed by atoms with Gasteiger partial charge in [0, 0.05) is 19.7 Å². The molecule has 5 heteroatoms. The van der Waals surface area contributed by atoms with Crippen molar-refractivity contribution in [3.8, 4) is 0 Å². The first-order valence-corrected chi connectivity index (χ1v) is 6.28. The lowest BCUT2D eigenvalue weighted by Gasteiger charge is -2.15. The molecule has 0 N–H and O–H groups in total. The molecule has 0 unspecified atom stereocenters. The Morgan fingerprint density at radius 2 is 1.94 bits per heavy atom. The highest BCUT2D eigenvalue weighted by atomic mass is 32.1. The zero-order chi connectivity index (χ0) is 13.3. The Hall–Kier alpha value is -1.75.